The number of likely N-dealkylation sites (N-methyl/N-ethyl adjacent to an activating group) is 1. The van der Waals surface area contributed by atoms with E-state index in [1.54, 1.807) is 13.8 Å². The Morgan fingerprint density at radius 1 is 0.979 bits per heavy atom. The first kappa shape index (κ1) is 35.0. The van der Waals surface area contributed by atoms with E-state index < -0.39 is 18.3 Å². The van der Waals surface area contributed by atoms with Crippen LogP contribution in [0.15, 0.2) is 36.4 Å². The Kier molecular flexibility index (Phi) is 9.79. The molecule has 0 spiro atoms. The molecule has 11 nitrogen and oxygen atoms in total. The fraction of sp³-hybridized carbons (Fsp3) is 0.444. The van der Waals surface area contributed by atoms with Crippen molar-refractivity contribution in [1.29, 1.82) is 0 Å². The van der Waals surface area contributed by atoms with Gasteiger partial charge in [-0.3, -0.25) is 19.4 Å². The first-order valence-corrected chi connectivity index (χ1v) is 16.2. The Bertz CT molecular complexity index is 1770. The van der Waals surface area contributed by atoms with Crippen molar-refractivity contribution in [3.63, 3.8) is 0 Å². The summed E-state index contributed by atoms with van der Waals surface area (Å²) < 4.78 is 11.8. The summed E-state index contributed by atoms with van der Waals surface area (Å²) in [7, 11) is 1.98. The molecule has 3 aromatic carbocycles. The van der Waals surface area contributed by atoms with Crippen LogP contribution in [0.1, 0.15) is 63.5 Å². The van der Waals surface area contributed by atoms with E-state index in [2.05, 4.69) is 21.6 Å². The van der Waals surface area contributed by atoms with Gasteiger partial charge in [-0.05, 0) is 69.8 Å². The number of fused-ring (bicyclic) bond motifs is 9. The topological polar surface area (TPSA) is 144 Å². The van der Waals surface area contributed by atoms with E-state index in [1.807, 2.05) is 56.1 Å². The minimum absolute atomic E-state index is 0. The average Bonchev–Trinajstić information content (AvgIpc) is 3.54. The monoisotopic (exact) mass is 869 g/mol. The first-order valence-electron chi connectivity index (χ1n) is 16.2. The number of rotatable bonds is 6. The summed E-state index contributed by atoms with van der Waals surface area (Å²) in [5.41, 5.74) is 6.43. The summed E-state index contributed by atoms with van der Waals surface area (Å²) in [5.74, 6) is 0.670. The third-order valence-electron chi connectivity index (χ3n) is 10.7. The predicted molar refractivity (Wildman–Crippen MR) is 173 cm³/mol. The van der Waals surface area contributed by atoms with E-state index in [4.69, 9.17) is 9.47 Å². The molecule has 1 radical (unpaired) electrons. The Hall–Kier alpha value is -2.88. The molecule has 3 aromatic rings. The van der Waals surface area contributed by atoms with Crippen molar-refractivity contribution in [2.75, 3.05) is 20.4 Å². The van der Waals surface area contributed by atoms with Gasteiger partial charge in [-0.1, -0.05) is 36.4 Å². The standard InChI is InChI=1S/C36H42N4O7.Ac/c1-17-11-22-13-25-36(45)40-24(30(39(25)5)28(22)32(43)18(17)2)14-23-29(34-33(46-16-47-34)19(3)31(23)42)26(40)15-37-35(44)20(4)38-27(41)12-21-9-7-6-8-10-21;/h6-11,20,24-26,30,36,42-43,45H,12-16H2,1-5H3,(H,37,44)(H,38,41);/t20-,24?,25-,26-,30-,36-;/m0./s1. The molecule has 1 unspecified atom stereocenters. The van der Waals surface area contributed by atoms with Gasteiger partial charge in [0.05, 0.1) is 24.5 Å². The number of nitrogens with one attached hydrogen (secondary N) is 2. The molecule has 0 saturated carbocycles. The number of aliphatic hydroxyl groups excluding tert-OH is 1. The molecular formula is C36H42AcN4O7. The van der Waals surface area contributed by atoms with Crippen molar-refractivity contribution in [3.8, 4) is 23.0 Å². The number of piperazine rings is 1. The number of carbonyl (C=O) groups is 2. The number of aliphatic hydroxyl groups is 1. The van der Waals surface area contributed by atoms with Crippen LogP contribution in [0.2, 0.25) is 0 Å². The molecule has 2 bridgehead atoms. The number of amides is 2. The molecular weight excluding hydrogens is 827 g/mol. The summed E-state index contributed by atoms with van der Waals surface area (Å²) in [6.45, 7) is 7.39. The van der Waals surface area contributed by atoms with Crippen molar-refractivity contribution in [2.24, 2.45) is 0 Å². The van der Waals surface area contributed by atoms with E-state index in [-0.39, 0.29) is 105 Å². The van der Waals surface area contributed by atoms with Gasteiger partial charge >= 0.3 is 0 Å². The predicted octanol–water partition coefficient (Wildman–Crippen LogP) is 2.81. The van der Waals surface area contributed by atoms with Crippen LogP contribution in [-0.2, 0) is 28.9 Å². The van der Waals surface area contributed by atoms with E-state index in [0.29, 0.717) is 41.0 Å². The molecule has 6 atom stereocenters. The molecule has 12 heteroatoms. The molecule has 251 valence electrons. The molecule has 7 rings (SSSR count). The summed E-state index contributed by atoms with van der Waals surface area (Å²) in [5, 5.41) is 41.0. The number of hydrogen-bond donors (Lipinski definition) is 5. The van der Waals surface area contributed by atoms with Crippen molar-refractivity contribution in [3.05, 3.63) is 80.9 Å². The Morgan fingerprint density at radius 3 is 2.42 bits per heavy atom. The minimum Gasteiger partial charge on any atom is -0.507 e. The molecule has 48 heavy (non-hydrogen) atoms. The SMILES string of the molecule is Cc1cc2c(c(O)c1C)[C@@H]1C3Cc4c(O)c(C)c5c(c4[C@H](CNC(=O)[C@H](C)NC(=O)Cc4ccccc4)N3[C@@H](O)[C@H](C2)N1C)OCO5.[Ac]. The van der Waals surface area contributed by atoms with Crippen LogP contribution in [0.4, 0.5) is 0 Å². The Labute approximate surface area is 316 Å². The van der Waals surface area contributed by atoms with E-state index >= 15 is 0 Å². The molecule has 1 saturated heterocycles. The van der Waals surface area contributed by atoms with Crippen LogP contribution in [0.25, 0.3) is 0 Å². The van der Waals surface area contributed by atoms with Crippen molar-refractivity contribution in [1.82, 2.24) is 20.4 Å². The second kappa shape index (κ2) is 13.4. The number of aryl methyl sites for hydroxylation is 1. The van der Waals surface area contributed by atoms with Gasteiger partial charge in [0.2, 0.25) is 18.6 Å². The molecule has 0 aliphatic carbocycles. The van der Waals surface area contributed by atoms with Crippen LogP contribution >= 0.6 is 0 Å². The summed E-state index contributed by atoms with van der Waals surface area (Å²) in [4.78, 5) is 30.3. The maximum atomic E-state index is 13.5. The number of benzene rings is 3. The number of phenolic OH excluding ortho intramolecular Hbond substituents is 2. The van der Waals surface area contributed by atoms with Gasteiger partial charge < -0.3 is 35.4 Å². The van der Waals surface area contributed by atoms with Gasteiger partial charge in [0.1, 0.15) is 23.8 Å². The van der Waals surface area contributed by atoms with Gasteiger partial charge in [0.25, 0.3) is 0 Å². The largest absolute Gasteiger partial charge is 0.507 e. The summed E-state index contributed by atoms with van der Waals surface area (Å²) in [6, 6.07) is 9.09. The number of hydrogen-bond acceptors (Lipinski definition) is 9. The van der Waals surface area contributed by atoms with Gasteiger partial charge in [-0.15, -0.1) is 0 Å². The molecule has 4 aliphatic heterocycles. The second-order valence-corrected chi connectivity index (χ2v) is 13.4. The number of nitrogens with zero attached hydrogens (tertiary/aromatic N) is 2. The fourth-order valence-corrected chi connectivity index (χ4v) is 8.21. The smallest absolute Gasteiger partial charge is 0.242 e. The van der Waals surface area contributed by atoms with Gasteiger partial charge in [0, 0.05) is 78.9 Å². The van der Waals surface area contributed by atoms with E-state index in [0.717, 1.165) is 27.8 Å². The molecule has 4 heterocycles. The maximum absolute atomic E-state index is 13.5. The van der Waals surface area contributed by atoms with Crippen molar-refractivity contribution < 1.29 is 78.4 Å². The number of aromatic hydroxyl groups is 2. The molecule has 1 fully saturated rings. The fourth-order valence-electron chi connectivity index (χ4n) is 8.21. The second-order valence-electron chi connectivity index (χ2n) is 13.4. The third-order valence-corrected chi connectivity index (χ3v) is 10.7. The third kappa shape index (κ3) is 5.67. The number of carbonyl (C=O) groups excluding carboxylic acids is 2. The van der Waals surface area contributed by atoms with Gasteiger partial charge in [-0.2, -0.15) is 0 Å². The van der Waals surface area contributed by atoms with Crippen LogP contribution < -0.4 is 20.1 Å². The van der Waals surface area contributed by atoms with Crippen LogP contribution in [-0.4, -0.2) is 81.7 Å². The van der Waals surface area contributed by atoms with Crippen LogP contribution in [0, 0.1) is 64.8 Å². The van der Waals surface area contributed by atoms with E-state index in [1.165, 1.54) is 0 Å². The van der Waals surface area contributed by atoms with Crippen molar-refractivity contribution in [2.45, 2.75) is 83.4 Å². The summed E-state index contributed by atoms with van der Waals surface area (Å²) in [6.07, 6.45) is 0.133. The molecule has 0 aromatic heterocycles. The maximum Gasteiger partial charge on any atom is 0.242 e. The zero-order valence-electron chi connectivity index (χ0n) is 27.9. The number of phenols is 2. The molecule has 5 N–H and O–H groups in total. The molecule has 4 aliphatic rings. The summed E-state index contributed by atoms with van der Waals surface area (Å²) >= 11 is 0. The normalized spacial score (nSPS) is 24.4. The van der Waals surface area contributed by atoms with Crippen LogP contribution in [0.3, 0.4) is 0 Å². The first-order chi connectivity index (χ1) is 22.5. The Balaban J connectivity index is 0.00000401. The zero-order chi connectivity index (χ0) is 33.3. The van der Waals surface area contributed by atoms with Crippen LogP contribution in [0.5, 0.6) is 23.0 Å². The zero-order valence-corrected chi connectivity index (χ0v) is 32.7. The number of ether oxygens (including phenoxy) is 2. The van der Waals surface area contributed by atoms with Gasteiger partial charge in [-0.25, -0.2) is 0 Å². The van der Waals surface area contributed by atoms with Gasteiger partial charge in [0.15, 0.2) is 11.5 Å². The van der Waals surface area contributed by atoms with Crippen molar-refractivity contribution >= 4 is 11.8 Å². The average molecular weight is 870 g/mol. The molecule has 2 amide bonds. The Morgan fingerprint density at radius 2 is 1.69 bits per heavy atom. The quantitative estimate of drug-likeness (QED) is 0.253. The minimum atomic E-state index is -0.933. The van der Waals surface area contributed by atoms with E-state index in [9.17, 15) is 24.9 Å².